The van der Waals surface area contributed by atoms with Gasteiger partial charge in [0.25, 0.3) is 0 Å². The van der Waals surface area contributed by atoms with Crippen molar-refractivity contribution in [2.75, 3.05) is 43.2 Å². The van der Waals surface area contributed by atoms with E-state index in [2.05, 4.69) is 46.8 Å². The molecule has 0 aromatic carbocycles. The third-order valence-electron chi connectivity index (χ3n) is 9.56. The SMILES string of the molecule is CC1CCC2CN1N(c1ncnc3[nH]c(-c4nc(N(C)N5CCCC(N6CCCC6=O)C5)c5cc[nH]c5n4)cc13)C2=O. The number of nitrogens with zero attached hydrogens (tertiary/aromatic N) is 9. The van der Waals surface area contributed by atoms with Crippen LogP contribution in [0.2, 0.25) is 0 Å². The first-order chi connectivity index (χ1) is 20.5. The number of hydrogen-bond donors (Lipinski definition) is 2. The van der Waals surface area contributed by atoms with Crippen LogP contribution in [0.3, 0.4) is 0 Å². The molecule has 13 nitrogen and oxygen atoms in total. The molecule has 4 aromatic rings. The number of rotatable bonds is 5. The van der Waals surface area contributed by atoms with Crippen molar-refractivity contribution < 1.29 is 9.59 Å². The average Bonchev–Trinajstić information content (AvgIpc) is 3.80. The van der Waals surface area contributed by atoms with Gasteiger partial charge in [0.05, 0.1) is 22.4 Å². The first-order valence-corrected chi connectivity index (χ1v) is 15.0. The van der Waals surface area contributed by atoms with Crippen molar-refractivity contribution in [1.29, 1.82) is 0 Å². The molecule has 13 heteroatoms. The third kappa shape index (κ3) is 3.97. The van der Waals surface area contributed by atoms with E-state index < -0.39 is 0 Å². The molecular weight excluding hydrogens is 534 g/mol. The van der Waals surface area contributed by atoms with E-state index in [9.17, 15) is 9.59 Å². The molecule has 4 saturated heterocycles. The average molecular weight is 570 g/mol. The van der Waals surface area contributed by atoms with E-state index in [-0.39, 0.29) is 29.8 Å². The summed E-state index contributed by atoms with van der Waals surface area (Å²) in [5.74, 6) is 2.30. The molecule has 8 heterocycles. The van der Waals surface area contributed by atoms with Crippen LogP contribution in [0.25, 0.3) is 33.6 Å². The van der Waals surface area contributed by atoms with Gasteiger partial charge < -0.3 is 14.9 Å². The van der Waals surface area contributed by atoms with E-state index in [1.807, 2.05) is 25.4 Å². The number of anilines is 2. The number of H-pyrrole nitrogens is 2. The molecule has 218 valence electrons. The number of fused-ring (bicyclic) bond motifs is 4. The highest BCUT2D eigenvalue weighted by Crippen LogP contribution is 2.38. The summed E-state index contributed by atoms with van der Waals surface area (Å²) in [5, 5.41) is 9.99. The van der Waals surface area contributed by atoms with Gasteiger partial charge in [-0.15, -0.1) is 0 Å². The second-order valence-electron chi connectivity index (χ2n) is 12.1. The smallest absolute Gasteiger partial charge is 0.247 e. The fourth-order valence-electron chi connectivity index (χ4n) is 7.25. The van der Waals surface area contributed by atoms with E-state index in [0.717, 1.165) is 80.5 Å². The zero-order chi connectivity index (χ0) is 28.5. The number of nitrogens with one attached hydrogen (secondary N) is 2. The monoisotopic (exact) mass is 569 g/mol. The molecule has 8 rings (SSSR count). The molecule has 0 radical (unpaired) electrons. The first kappa shape index (κ1) is 25.6. The van der Waals surface area contributed by atoms with Gasteiger partial charge in [0.15, 0.2) is 17.5 Å². The van der Waals surface area contributed by atoms with Crippen LogP contribution in [0.4, 0.5) is 11.6 Å². The summed E-state index contributed by atoms with van der Waals surface area (Å²) in [6.07, 6.45) is 8.94. The quantitative estimate of drug-likeness (QED) is 0.372. The topological polar surface area (TPSA) is 133 Å². The Hall–Kier alpha value is -4.10. The van der Waals surface area contributed by atoms with Gasteiger partial charge >= 0.3 is 0 Å². The van der Waals surface area contributed by atoms with Gasteiger partial charge in [0, 0.05) is 57.9 Å². The van der Waals surface area contributed by atoms with E-state index >= 15 is 0 Å². The number of carbonyl (C=O) groups is 2. The molecule has 2 amide bonds. The number of aromatic amines is 2. The lowest BCUT2D eigenvalue weighted by Crippen LogP contribution is -2.53. The van der Waals surface area contributed by atoms with Crippen LogP contribution in [0, 0.1) is 5.92 Å². The lowest BCUT2D eigenvalue weighted by molar-refractivity contribution is -0.130. The summed E-state index contributed by atoms with van der Waals surface area (Å²) in [6.45, 7) is 5.42. The van der Waals surface area contributed by atoms with E-state index in [4.69, 9.17) is 9.97 Å². The van der Waals surface area contributed by atoms with Gasteiger partial charge in [-0.25, -0.2) is 35.0 Å². The van der Waals surface area contributed by atoms with Crippen LogP contribution in [0.1, 0.15) is 45.4 Å². The van der Waals surface area contributed by atoms with Crippen LogP contribution in [-0.2, 0) is 9.59 Å². The van der Waals surface area contributed by atoms with Crippen molar-refractivity contribution in [2.24, 2.45) is 5.92 Å². The molecule has 4 unspecified atom stereocenters. The molecule has 4 aliphatic rings. The maximum Gasteiger partial charge on any atom is 0.247 e. The normalized spacial score (nSPS) is 26.7. The lowest BCUT2D eigenvalue weighted by Gasteiger charge is -2.42. The third-order valence-corrected chi connectivity index (χ3v) is 9.56. The van der Waals surface area contributed by atoms with Crippen molar-refractivity contribution in [1.82, 2.24) is 44.8 Å². The van der Waals surface area contributed by atoms with Gasteiger partial charge in [-0.1, -0.05) is 0 Å². The first-order valence-electron chi connectivity index (χ1n) is 15.0. The number of piperidine rings is 2. The Kier molecular flexibility index (Phi) is 5.93. The molecule has 2 N–H and O–H groups in total. The van der Waals surface area contributed by atoms with Crippen LogP contribution in [0.5, 0.6) is 0 Å². The Morgan fingerprint density at radius 3 is 2.76 bits per heavy atom. The highest BCUT2D eigenvalue weighted by atomic mass is 16.2. The van der Waals surface area contributed by atoms with Gasteiger partial charge in [-0.05, 0) is 51.2 Å². The van der Waals surface area contributed by atoms with Crippen molar-refractivity contribution in [2.45, 2.75) is 57.5 Å². The summed E-state index contributed by atoms with van der Waals surface area (Å²) in [7, 11) is 2.04. The molecule has 0 saturated carbocycles. The van der Waals surface area contributed by atoms with Crippen LogP contribution in [0.15, 0.2) is 24.7 Å². The fraction of sp³-hybridized carbons (Fsp3) is 0.517. The van der Waals surface area contributed by atoms with Gasteiger partial charge in [-0.2, -0.15) is 0 Å². The minimum absolute atomic E-state index is 0.0133. The summed E-state index contributed by atoms with van der Waals surface area (Å²) in [5.41, 5.74) is 2.07. The molecule has 4 aromatic heterocycles. The van der Waals surface area contributed by atoms with Crippen molar-refractivity contribution in [3.63, 3.8) is 0 Å². The largest absolute Gasteiger partial charge is 0.346 e. The van der Waals surface area contributed by atoms with Gasteiger partial charge in [0.1, 0.15) is 17.6 Å². The standard InChI is InChI=1S/C29H35N11O2/c1-17-7-8-18-14-39(17)40(29(18)42)27-21-13-22(33-25(21)31-16-32-27)26-34-24-20(9-10-30-24)28(35-26)36(2)37-11-3-5-19(15-37)38-12-4-6-23(38)41/h9-10,13,16-19H,3-8,11-12,14-15H2,1-2H3,(H,30,34,35)(H,31,32,33). The summed E-state index contributed by atoms with van der Waals surface area (Å²) in [6, 6.07) is 4.44. The molecule has 2 bridgehead atoms. The predicted octanol–water partition coefficient (Wildman–Crippen LogP) is 2.70. The minimum atomic E-state index is 0.0133. The van der Waals surface area contributed by atoms with Crippen LogP contribution < -0.4 is 10.0 Å². The van der Waals surface area contributed by atoms with Crippen LogP contribution >= 0.6 is 0 Å². The van der Waals surface area contributed by atoms with Crippen LogP contribution in [-0.4, -0.2) is 102 Å². The number of aromatic nitrogens is 6. The zero-order valence-electron chi connectivity index (χ0n) is 24.0. The summed E-state index contributed by atoms with van der Waals surface area (Å²) >= 11 is 0. The molecule has 4 atom stereocenters. The Morgan fingerprint density at radius 1 is 1.00 bits per heavy atom. The number of likely N-dealkylation sites (tertiary alicyclic amines) is 1. The minimum Gasteiger partial charge on any atom is -0.346 e. The Bertz CT molecular complexity index is 1700. The molecule has 42 heavy (non-hydrogen) atoms. The van der Waals surface area contributed by atoms with Gasteiger partial charge in [0.2, 0.25) is 11.8 Å². The summed E-state index contributed by atoms with van der Waals surface area (Å²) < 4.78 is 0. The highest BCUT2D eigenvalue weighted by molar-refractivity contribution is 6.03. The molecule has 0 aliphatic carbocycles. The second kappa shape index (κ2) is 9.73. The molecule has 0 spiro atoms. The van der Waals surface area contributed by atoms with E-state index in [1.54, 1.807) is 5.01 Å². The maximum absolute atomic E-state index is 13.3. The fourth-order valence-corrected chi connectivity index (χ4v) is 7.25. The Labute approximate surface area is 242 Å². The Morgan fingerprint density at radius 2 is 1.90 bits per heavy atom. The molecule has 4 fully saturated rings. The number of carbonyl (C=O) groups excluding carboxylic acids is 2. The second-order valence-corrected chi connectivity index (χ2v) is 12.1. The predicted molar refractivity (Wildman–Crippen MR) is 157 cm³/mol. The highest BCUT2D eigenvalue weighted by Gasteiger charge is 2.45. The Balaban J connectivity index is 1.15. The summed E-state index contributed by atoms with van der Waals surface area (Å²) in [4.78, 5) is 53.5. The number of hydrazine groups is 2. The van der Waals surface area contributed by atoms with E-state index in [1.165, 1.54) is 6.33 Å². The van der Waals surface area contributed by atoms with Crippen molar-refractivity contribution in [3.05, 3.63) is 24.7 Å². The molecule has 4 aliphatic heterocycles. The molecular formula is C29H35N11O2. The van der Waals surface area contributed by atoms with Crippen molar-refractivity contribution in [3.8, 4) is 11.5 Å². The maximum atomic E-state index is 13.3. The van der Waals surface area contributed by atoms with E-state index in [0.29, 0.717) is 29.4 Å². The van der Waals surface area contributed by atoms with Gasteiger partial charge in [-0.3, -0.25) is 14.6 Å². The number of hydrogen-bond acceptors (Lipinski definition) is 9. The van der Waals surface area contributed by atoms with Crippen molar-refractivity contribution >= 4 is 45.5 Å². The number of amides is 2. The zero-order valence-corrected chi connectivity index (χ0v) is 24.0. The lowest BCUT2D eigenvalue weighted by atomic mass is 9.97.